The summed E-state index contributed by atoms with van der Waals surface area (Å²) in [4.78, 5) is 28.6. The molecule has 1 aliphatic heterocycles. The molecule has 2 heterocycles. The van der Waals surface area contributed by atoms with E-state index in [0.717, 1.165) is 12.8 Å². The Kier molecular flexibility index (Phi) is 5.63. The lowest BCUT2D eigenvalue weighted by atomic mass is 9.96. The van der Waals surface area contributed by atoms with Gasteiger partial charge in [-0.25, -0.2) is 9.59 Å². The molecule has 0 spiro atoms. The smallest absolute Gasteiger partial charge is 0.415 e. The van der Waals surface area contributed by atoms with Crippen molar-refractivity contribution in [3.63, 3.8) is 0 Å². The number of aromatic carboxylic acids is 1. The number of piperidine rings is 1. The van der Waals surface area contributed by atoms with Crippen LogP contribution in [0.15, 0.2) is 54.9 Å². The number of nitrogens with zero attached hydrogens (tertiary/aromatic N) is 2. The van der Waals surface area contributed by atoms with Crippen molar-refractivity contribution in [3.05, 3.63) is 66.0 Å². The van der Waals surface area contributed by atoms with Crippen LogP contribution < -0.4 is 4.74 Å². The van der Waals surface area contributed by atoms with Gasteiger partial charge in [-0.1, -0.05) is 42.5 Å². The molecule has 0 aliphatic carbocycles. The number of hydrogen-bond donors (Lipinski definition) is 1. The average Bonchev–Trinajstić information content (AvgIpc) is 2.68. The fourth-order valence-electron chi connectivity index (χ4n) is 2.84. The second-order valence-electron chi connectivity index (χ2n) is 6.18. The van der Waals surface area contributed by atoms with Crippen molar-refractivity contribution in [1.82, 2.24) is 9.88 Å². The maximum atomic E-state index is 12.2. The summed E-state index contributed by atoms with van der Waals surface area (Å²) in [5.41, 5.74) is 1.15. The molecule has 1 aliphatic rings. The number of rotatable bonds is 4. The normalized spacial score (nSPS) is 15.2. The molecule has 1 aromatic carbocycles. The molecule has 1 N–H and O–H groups in total. The number of amides is 1. The van der Waals surface area contributed by atoms with Crippen LogP contribution in [0.3, 0.4) is 0 Å². The van der Waals surface area contributed by atoms with E-state index in [1.54, 1.807) is 4.90 Å². The number of carboxylic acids is 1. The SMILES string of the molecule is O=C(O)c1cncc(OC(=O)N2CCC(C=Cc3ccccc3)CC2)c1. The van der Waals surface area contributed by atoms with E-state index in [9.17, 15) is 9.59 Å². The van der Waals surface area contributed by atoms with Crippen LogP contribution in [0.5, 0.6) is 5.75 Å². The number of aromatic nitrogens is 1. The molecule has 1 saturated heterocycles. The van der Waals surface area contributed by atoms with Gasteiger partial charge >= 0.3 is 12.1 Å². The van der Waals surface area contributed by atoms with Gasteiger partial charge in [0.05, 0.1) is 11.8 Å². The van der Waals surface area contributed by atoms with Gasteiger partial charge in [0.25, 0.3) is 0 Å². The van der Waals surface area contributed by atoms with Crippen LogP contribution in [0.2, 0.25) is 0 Å². The zero-order valence-electron chi connectivity index (χ0n) is 14.2. The summed E-state index contributed by atoms with van der Waals surface area (Å²) in [5, 5.41) is 8.96. The monoisotopic (exact) mass is 352 g/mol. The average molecular weight is 352 g/mol. The van der Waals surface area contributed by atoms with Gasteiger partial charge in [0.2, 0.25) is 0 Å². The largest absolute Gasteiger partial charge is 0.478 e. The highest BCUT2D eigenvalue weighted by atomic mass is 16.6. The third-order valence-corrected chi connectivity index (χ3v) is 4.32. The van der Waals surface area contributed by atoms with Crippen molar-refractivity contribution in [2.75, 3.05) is 13.1 Å². The maximum absolute atomic E-state index is 12.2. The van der Waals surface area contributed by atoms with E-state index in [1.165, 1.54) is 24.0 Å². The molecule has 1 amide bonds. The van der Waals surface area contributed by atoms with Crippen LogP contribution in [-0.2, 0) is 0 Å². The Morgan fingerprint density at radius 2 is 1.88 bits per heavy atom. The molecular formula is C20H20N2O4. The van der Waals surface area contributed by atoms with Crippen molar-refractivity contribution >= 4 is 18.1 Å². The van der Waals surface area contributed by atoms with E-state index in [4.69, 9.17) is 9.84 Å². The van der Waals surface area contributed by atoms with Gasteiger partial charge in [-0.3, -0.25) is 4.98 Å². The van der Waals surface area contributed by atoms with Crippen molar-refractivity contribution in [2.45, 2.75) is 12.8 Å². The first kappa shape index (κ1) is 17.7. The number of carbonyl (C=O) groups is 2. The molecule has 0 saturated carbocycles. The molecule has 0 radical (unpaired) electrons. The molecule has 0 bridgehead atoms. The summed E-state index contributed by atoms with van der Waals surface area (Å²) < 4.78 is 5.25. The molecule has 1 aromatic heterocycles. The highest BCUT2D eigenvalue weighted by Crippen LogP contribution is 2.21. The molecule has 2 aromatic rings. The van der Waals surface area contributed by atoms with Crippen LogP contribution in [0, 0.1) is 5.92 Å². The summed E-state index contributed by atoms with van der Waals surface area (Å²) in [6, 6.07) is 11.4. The highest BCUT2D eigenvalue weighted by molar-refractivity contribution is 5.87. The van der Waals surface area contributed by atoms with Crippen LogP contribution in [0.1, 0.15) is 28.8 Å². The Hall–Kier alpha value is -3.15. The van der Waals surface area contributed by atoms with Gasteiger partial charge in [0.15, 0.2) is 5.75 Å². The first-order chi connectivity index (χ1) is 12.6. The van der Waals surface area contributed by atoms with E-state index in [1.807, 2.05) is 18.2 Å². The minimum Gasteiger partial charge on any atom is -0.478 e. The lowest BCUT2D eigenvalue weighted by Crippen LogP contribution is -2.39. The van der Waals surface area contributed by atoms with Gasteiger partial charge in [-0.15, -0.1) is 0 Å². The first-order valence-electron chi connectivity index (χ1n) is 8.50. The van der Waals surface area contributed by atoms with Gasteiger partial charge in [0, 0.05) is 19.3 Å². The Labute approximate surface area is 151 Å². The van der Waals surface area contributed by atoms with Crippen LogP contribution >= 0.6 is 0 Å². The molecule has 0 unspecified atom stereocenters. The Bertz CT molecular complexity index is 796. The number of hydrogen-bond acceptors (Lipinski definition) is 4. The molecule has 6 heteroatoms. The number of ether oxygens (including phenoxy) is 1. The fourth-order valence-corrected chi connectivity index (χ4v) is 2.84. The Balaban J connectivity index is 1.51. The third kappa shape index (κ3) is 4.69. The van der Waals surface area contributed by atoms with Crippen molar-refractivity contribution in [2.24, 2.45) is 5.92 Å². The van der Waals surface area contributed by atoms with E-state index in [0.29, 0.717) is 19.0 Å². The quantitative estimate of drug-likeness (QED) is 0.907. The summed E-state index contributed by atoms with van der Waals surface area (Å²) >= 11 is 0. The minimum absolute atomic E-state index is 0.0138. The lowest BCUT2D eigenvalue weighted by molar-refractivity contribution is 0.0695. The summed E-state index contributed by atoms with van der Waals surface area (Å²) in [6.07, 6.45) is 8.11. The predicted octanol–water partition coefficient (Wildman–Crippen LogP) is 3.70. The number of likely N-dealkylation sites (tertiary alicyclic amines) is 1. The second kappa shape index (κ2) is 8.29. The Morgan fingerprint density at radius 3 is 2.58 bits per heavy atom. The van der Waals surface area contributed by atoms with E-state index in [2.05, 4.69) is 29.3 Å². The predicted molar refractivity (Wildman–Crippen MR) is 97.0 cm³/mol. The first-order valence-corrected chi connectivity index (χ1v) is 8.50. The fraction of sp³-hybridized carbons (Fsp3) is 0.250. The summed E-state index contributed by atoms with van der Waals surface area (Å²) in [5.74, 6) is -0.543. The van der Waals surface area contributed by atoms with Gasteiger partial charge in [0.1, 0.15) is 0 Å². The van der Waals surface area contributed by atoms with E-state index < -0.39 is 12.1 Å². The van der Waals surface area contributed by atoms with E-state index in [-0.39, 0.29) is 11.3 Å². The zero-order valence-corrected chi connectivity index (χ0v) is 14.2. The number of carbonyl (C=O) groups excluding carboxylic acids is 1. The van der Waals surface area contributed by atoms with Crippen LogP contribution in [-0.4, -0.2) is 40.1 Å². The summed E-state index contributed by atoms with van der Waals surface area (Å²) in [6.45, 7) is 1.21. The summed E-state index contributed by atoms with van der Waals surface area (Å²) in [7, 11) is 0. The third-order valence-electron chi connectivity index (χ3n) is 4.32. The van der Waals surface area contributed by atoms with Gasteiger partial charge in [-0.2, -0.15) is 0 Å². The Morgan fingerprint density at radius 1 is 1.15 bits per heavy atom. The minimum atomic E-state index is -1.11. The molecule has 26 heavy (non-hydrogen) atoms. The topological polar surface area (TPSA) is 79.7 Å². The van der Waals surface area contributed by atoms with Gasteiger partial charge < -0.3 is 14.7 Å². The maximum Gasteiger partial charge on any atom is 0.415 e. The molecule has 134 valence electrons. The van der Waals surface area contributed by atoms with Crippen LogP contribution in [0.4, 0.5) is 4.79 Å². The van der Waals surface area contributed by atoms with Crippen molar-refractivity contribution in [3.8, 4) is 5.75 Å². The van der Waals surface area contributed by atoms with Crippen molar-refractivity contribution < 1.29 is 19.4 Å². The standard InChI is InChI=1S/C20H20N2O4/c23-19(24)17-12-18(14-21-13-17)26-20(25)22-10-8-16(9-11-22)7-6-15-4-2-1-3-5-15/h1-7,12-14,16H,8-11H2,(H,23,24). The number of carboxylic acid groups (broad SMARTS) is 1. The highest BCUT2D eigenvalue weighted by Gasteiger charge is 2.23. The van der Waals surface area contributed by atoms with Crippen LogP contribution in [0.25, 0.3) is 6.08 Å². The molecule has 3 rings (SSSR count). The lowest BCUT2D eigenvalue weighted by Gasteiger charge is -2.29. The zero-order chi connectivity index (χ0) is 18.4. The van der Waals surface area contributed by atoms with Crippen molar-refractivity contribution in [1.29, 1.82) is 0 Å². The molecule has 6 nitrogen and oxygen atoms in total. The molecule has 1 fully saturated rings. The van der Waals surface area contributed by atoms with Gasteiger partial charge in [-0.05, 0) is 30.4 Å². The van der Waals surface area contributed by atoms with E-state index >= 15 is 0 Å². The molecule has 0 atom stereocenters. The molecular weight excluding hydrogens is 332 g/mol. The number of allylic oxidation sites excluding steroid dienone is 1. The number of pyridine rings is 1. The second-order valence-corrected chi connectivity index (χ2v) is 6.18. The number of benzene rings is 1.